The fraction of sp³-hybridized carbons (Fsp3) is 0.120. The highest BCUT2D eigenvalue weighted by Crippen LogP contribution is 2.28. The lowest BCUT2D eigenvalue weighted by molar-refractivity contribution is -0.157. The molecular formula is C25H20BrNO8. The van der Waals surface area contributed by atoms with E-state index in [1.165, 1.54) is 37.4 Å². The number of carboxylic acid groups (broad SMARTS) is 1. The van der Waals surface area contributed by atoms with E-state index < -0.39 is 36.0 Å². The lowest BCUT2D eigenvalue weighted by Gasteiger charge is -2.24. The number of nitrogens with one attached hydrogen (secondary N) is 1. The minimum Gasteiger partial charge on any atom is -0.495 e. The number of carbonyl (C=O) groups excluding carboxylic acids is 3. The molecule has 0 bridgehead atoms. The van der Waals surface area contributed by atoms with E-state index in [-0.39, 0.29) is 22.6 Å². The SMILES string of the molecule is COc1ccc(Br)cc1NC(=O)[C@H](OC(=O)c1ccccc1)[C@@H](OC(=O)c1ccccc1)C(=O)O. The Morgan fingerprint density at radius 3 is 1.80 bits per heavy atom. The number of halogens is 1. The number of rotatable bonds is 9. The maximum Gasteiger partial charge on any atom is 0.349 e. The number of aliphatic carboxylic acids is 1. The molecule has 2 atom stereocenters. The van der Waals surface area contributed by atoms with Gasteiger partial charge in [-0.3, -0.25) is 4.79 Å². The third kappa shape index (κ3) is 6.67. The van der Waals surface area contributed by atoms with Crippen molar-refractivity contribution in [2.45, 2.75) is 12.2 Å². The lowest BCUT2D eigenvalue weighted by Crippen LogP contribution is -2.48. The summed E-state index contributed by atoms with van der Waals surface area (Å²) in [7, 11) is 1.38. The molecule has 0 unspecified atom stereocenters. The summed E-state index contributed by atoms with van der Waals surface area (Å²) >= 11 is 3.28. The van der Waals surface area contributed by atoms with Gasteiger partial charge in [0.2, 0.25) is 12.2 Å². The Morgan fingerprint density at radius 1 is 0.800 bits per heavy atom. The van der Waals surface area contributed by atoms with Gasteiger partial charge >= 0.3 is 17.9 Å². The van der Waals surface area contributed by atoms with E-state index in [4.69, 9.17) is 14.2 Å². The topological polar surface area (TPSA) is 128 Å². The number of esters is 2. The zero-order valence-corrected chi connectivity index (χ0v) is 19.9. The monoisotopic (exact) mass is 541 g/mol. The number of hydrogen-bond acceptors (Lipinski definition) is 7. The Labute approximate surface area is 208 Å². The zero-order valence-electron chi connectivity index (χ0n) is 18.3. The van der Waals surface area contributed by atoms with E-state index in [1.54, 1.807) is 48.5 Å². The summed E-state index contributed by atoms with van der Waals surface area (Å²) in [6.07, 6.45) is -4.18. The van der Waals surface area contributed by atoms with Crippen molar-refractivity contribution >= 4 is 45.4 Å². The van der Waals surface area contributed by atoms with Crippen LogP contribution in [-0.4, -0.2) is 48.2 Å². The highest BCUT2D eigenvalue weighted by molar-refractivity contribution is 9.10. The Morgan fingerprint density at radius 2 is 1.31 bits per heavy atom. The fourth-order valence-electron chi connectivity index (χ4n) is 2.99. The Hall–Kier alpha value is -4.18. The third-order valence-electron chi connectivity index (χ3n) is 4.68. The third-order valence-corrected chi connectivity index (χ3v) is 5.18. The first kappa shape index (κ1) is 25.4. The second-order valence-corrected chi connectivity index (χ2v) is 7.97. The molecule has 3 rings (SSSR count). The van der Waals surface area contributed by atoms with Crippen molar-refractivity contribution in [3.63, 3.8) is 0 Å². The summed E-state index contributed by atoms with van der Waals surface area (Å²) < 4.78 is 16.2. The second kappa shape index (κ2) is 11.8. The van der Waals surface area contributed by atoms with Crippen molar-refractivity contribution in [3.05, 3.63) is 94.5 Å². The Balaban J connectivity index is 1.94. The summed E-state index contributed by atoms with van der Waals surface area (Å²) in [4.78, 5) is 50.6. The predicted molar refractivity (Wildman–Crippen MR) is 128 cm³/mol. The summed E-state index contributed by atoms with van der Waals surface area (Å²) in [5, 5.41) is 12.3. The number of methoxy groups -OCH3 is 1. The number of carboxylic acids is 1. The molecule has 3 aromatic rings. The van der Waals surface area contributed by atoms with Gasteiger partial charge in [0.15, 0.2) is 0 Å². The number of carbonyl (C=O) groups is 4. The van der Waals surface area contributed by atoms with Crippen LogP contribution in [0.5, 0.6) is 5.75 Å². The van der Waals surface area contributed by atoms with Crippen LogP contribution in [0.2, 0.25) is 0 Å². The molecule has 0 aliphatic rings. The number of benzene rings is 3. The normalized spacial score (nSPS) is 12.1. The maximum atomic E-state index is 13.2. The molecule has 2 N–H and O–H groups in total. The first-order valence-corrected chi connectivity index (χ1v) is 11.0. The van der Waals surface area contributed by atoms with Crippen LogP contribution in [0.15, 0.2) is 83.3 Å². The van der Waals surface area contributed by atoms with Gasteiger partial charge in [0.1, 0.15) is 5.75 Å². The smallest absolute Gasteiger partial charge is 0.349 e. The first-order chi connectivity index (χ1) is 16.8. The molecule has 1 amide bonds. The van der Waals surface area contributed by atoms with Gasteiger partial charge in [-0.25, -0.2) is 14.4 Å². The van der Waals surface area contributed by atoms with Crippen molar-refractivity contribution in [2.24, 2.45) is 0 Å². The minimum absolute atomic E-state index is 0.0564. The second-order valence-electron chi connectivity index (χ2n) is 7.06. The number of hydrogen-bond donors (Lipinski definition) is 2. The van der Waals surface area contributed by atoms with E-state index in [1.807, 2.05) is 0 Å². The van der Waals surface area contributed by atoms with Gasteiger partial charge < -0.3 is 24.6 Å². The van der Waals surface area contributed by atoms with Crippen LogP contribution in [0, 0.1) is 0 Å². The van der Waals surface area contributed by atoms with Gasteiger partial charge in [-0.05, 0) is 42.5 Å². The summed E-state index contributed by atoms with van der Waals surface area (Å²) in [6.45, 7) is 0. The fourth-order valence-corrected chi connectivity index (χ4v) is 3.35. The van der Waals surface area contributed by atoms with Crippen molar-refractivity contribution in [3.8, 4) is 5.75 Å². The van der Waals surface area contributed by atoms with Crippen LogP contribution in [0.25, 0.3) is 0 Å². The van der Waals surface area contributed by atoms with Gasteiger partial charge in [-0.1, -0.05) is 52.3 Å². The molecule has 3 aromatic carbocycles. The summed E-state index contributed by atoms with van der Waals surface area (Å²) in [5.74, 6) is -4.45. The average Bonchev–Trinajstić information content (AvgIpc) is 2.86. The standard InChI is InChI=1S/C25H20BrNO8/c1-33-19-13-12-17(26)14-18(19)27-22(28)20(34-24(31)15-8-4-2-5-9-15)21(23(29)30)35-25(32)16-10-6-3-7-11-16/h2-14,20-21H,1H3,(H,27,28)(H,29,30)/t20-,21-/m1/s1. The van der Waals surface area contributed by atoms with E-state index in [0.717, 1.165) is 0 Å². The van der Waals surface area contributed by atoms with Crippen LogP contribution in [0.1, 0.15) is 20.7 Å². The van der Waals surface area contributed by atoms with Gasteiger partial charge in [0, 0.05) is 4.47 Å². The van der Waals surface area contributed by atoms with Crippen LogP contribution in [0.4, 0.5) is 5.69 Å². The van der Waals surface area contributed by atoms with Crippen LogP contribution >= 0.6 is 15.9 Å². The zero-order chi connectivity index (χ0) is 25.4. The largest absolute Gasteiger partial charge is 0.495 e. The maximum absolute atomic E-state index is 13.2. The molecule has 9 nitrogen and oxygen atoms in total. The molecule has 0 aromatic heterocycles. The van der Waals surface area contributed by atoms with Crippen molar-refractivity contribution in [1.29, 1.82) is 0 Å². The van der Waals surface area contributed by atoms with E-state index >= 15 is 0 Å². The van der Waals surface area contributed by atoms with Crippen LogP contribution in [-0.2, 0) is 19.1 Å². The molecule has 0 radical (unpaired) electrons. The Kier molecular flexibility index (Phi) is 8.58. The molecule has 10 heteroatoms. The molecule has 0 aliphatic heterocycles. The first-order valence-electron chi connectivity index (χ1n) is 10.2. The lowest BCUT2D eigenvalue weighted by atomic mass is 10.1. The highest BCUT2D eigenvalue weighted by atomic mass is 79.9. The molecule has 180 valence electrons. The highest BCUT2D eigenvalue weighted by Gasteiger charge is 2.41. The van der Waals surface area contributed by atoms with Gasteiger partial charge in [0.05, 0.1) is 23.9 Å². The van der Waals surface area contributed by atoms with Gasteiger partial charge in [-0.2, -0.15) is 0 Å². The van der Waals surface area contributed by atoms with E-state index in [0.29, 0.717) is 4.47 Å². The quantitative estimate of drug-likeness (QED) is 0.390. The molecule has 0 aliphatic carbocycles. The van der Waals surface area contributed by atoms with Gasteiger partial charge in [-0.15, -0.1) is 0 Å². The number of anilines is 1. The van der Waals surface area contributed by atoms with Crippen molar-refractivity contribution < 1.29 is 38.5 Å². The minimum atomic E-state index is -2.14. The van der Waals surface area contributed by atoms with Crippen molar-refractivity contribution in [1.82, 2.24) is 0 Å². The molecule has 0 fully saturated rings. The van der Waals surface area contributed by atoms with Crippen LogP contribution < -0.4 is 10.1 Å². The van der Waals surface area contributed by atoms with E-state index in [2.05, 4.69) is 21.2 Å². The summed E-state index contributed by atoms with van der Waals surface area (Å²) in [5.41, 5.74) is 0.302. The molecule has 0 spiro atoms. The average molecular weight is 542 g/mol. The van der Waals surface area contributed by atoms with Gasteiger partial charge in [0.25, 0.3) is 5.91 Å². The van der Waals surface area contributed by atoms with E-state index in [9.17, 15) is 24.3 Å². The predicted octanol–water partition coefficient (Wildman–Crippen LogP) is 3.93. The molecular weight excluding hydrogens is 522 g/mol. The summed E-state index contributed by atoms with van der Waals surface area (Å²) in [6, 6.07) is 20.0. The molecule has 0 heterocycles. The number of ether oxygens (including phenoxy) is 3. The van der Waals surface area contributed by atoms with Crippen LogP contribution in [0.3, 0.4) is 0 Å². The Bertz CT molecular complexity index is 1220. The molecule has 35 heavy (non-hydrogen) atoms. The number of amides is 1. The molecule has 0 saturated heterocycles. The van der Waals surface area contributed by atoms with Crippen molar-refractivity contribution in [2.75, 3.05) is 12.4 Å². The molecule has 0 saturated carbocycles.